The molecule has 1 heterocycles. The van der Waals surface area contributed by atoms with Crippen LogP contribution in [-0.4, -0.2) is 26.1 Å². The summed E-state index contributed by atoms with van der Waals surface area (Å²) in [6.07, 6.45) is 3.92. The third kappa shape index (κ3) is 4.23. The zero-order chi connectivity index (χ0) is 14.4. The lowest BCUT2D eigenvalue weighted by atomic mass is 9.93. The number of ether oxygens (including phenoxy) is 1. The predicted octanol–water partition coefficient (Wildman–Crippen LogP) is 2.72. The van der Waals surface area contributed by atoms with E-state index < -0.39 is 0 Å². The van der Waals surface area contributed by atoms with Crippen molar-refractivity contribution in [1.29, 1.82) is 0 Å². The van der Waals surface area contributed by atoms with Crippen molar-refractivity contribution in [3.8, 4) is 5.75 Å². The van der Waals surface area contributed by atoms with Crippen LogP contribution < -0.4 is 15.4 Å². The van der Waals surface area contributed by atoms with Crippen molar-refractivity contribution in [1.82, 2.24) is 5.32 Å². The highest BCUT2D eigenvalue weighted by Crippen LogP contribution is 2.26. The lowest BCUT2D eigenvalue weighted by molar-refractivity contribution is -0.116. The smallest absolute Gasteiger partial charge is 0.224 e. The van der Waals surface area contributed by atoms with E-state index in [4.69, 9.17) is 4.74 Å². The summed E-state index contributed by atoms with van der Waals surface area (Å²) in [5.41, 5.74) is 1.88. The van der Waals surface area contributed by atoms with Gasteiger partial charge in [0.15, 0.2) is 0 Å². The lowest BCUT2D eigenvalue weighted by Gasteiger charge is -2.22. The van der Waals surface area contributed by atoms with Crippen LogP contribution in [0, 0.1) is 12.8 Å². The van der Waals surface area contributed by atoms with E-state index in [9.17, 15) is 4.79 Å². The first-order chi connectivity index (χ1) is 9.69. The van der Waals surface area contributed by atoms with Gasteiger partial charge in [-0.1, -0.05) is 6.07 Å². The van der Waals surface area contributed by atoms with E-state index in [1.165, 1.54) is 12.8 Å². The monoisotopic (exact) mass is 276 g/mol. The third-order valence-electron chi connectivity index (χ3n) is 3.87. The summed E-state index contributed by atoms with van der Waals surface area (Å²) in [4.78, 5) is 12.0. The van der Waals surface area contributed by atoms with Gasteiger partial charge >= 0.3 is 0 Å². The van der Waals surface area contributed by atoms with Crippen molar-refractivity contribution in [3.05, 3.63) is 23.8 Å². The number of methoxy groups -OCH3 is 1. The quantitative estimate of drug-likeness (QED) is 0.869. The molecule has 0 bridgehead atoms. The van der Waals surface area contributed by atoms with E-state index in [0.29, 0.717) is 12.3 Å². The van der Waals surface area contributed by atoms with Gasteiger partial charge in [0.05, 0.1) is 12.8 Å². The fraction of sp³-hybridized carbons (Fsp3) is 0.562. The van der Waals surface area contributed by atoms with Crippen LogP contribution in [0.2, 0.25) is 0 Å². The van der Waals surface area contributed by atoms with Crippen LogP contribution in [0.3, 0.4) is 0 Å². The van der Waals surface area contributed by atoms with Gasteiger partial charge < -0.3 is 15.4 Å². The number of rotatable bonds is 5. The van der Waals surface area contributed by atoms with Gasteiger partial charge in [0.2, 0.25) is 5.91 Å². The highest BCUT2D eigenvalue weighted by Gasteiger charge is 2.15. The van der Waals surface area contributed by atoms with Crippen LogP contribution in [0.5, 0.6) is 5.75 Å². The lowest BCUT2D eigenvalue weighted by Crippen LogP contribution is -2.28. The van der Waals surface area contributed by atoms with Crippen molar-refractivity contribution in [2.24, 2.45) is 5.92 Å². The van der Waals surface area contributed by atoms with E-state index in [2.05, 4.69) is 10.6 Å². The minimum atomic E-state index is 0.0747. The van der Waals surface area contributed by atoms with E-state index in [0.717, 1.165) is 36.5 Å². The summed E-state index contributed by atoms with van der Waals surface area (Å²) in [5, 5.41) is 6.29. The molecule has 2 rings (SSSR count). The molecule has 1 aromatic carbocycles. The number of benzene rings is 1. The van der Waals surface area contributed by atoms with E-state index in [1.54, 1.807) is 7.11 Å². The van der Waals surface area contributed by atoms with Crippen LogP contribution in [0.1, 0.15) is 31.2 Å². The minimum Gasteiger partial charge on any atom is -0.495 e. The Bertz CT molecular complexity index is 454. The molecule has 1 aromatic rings. The van der Waals surface area contributed by atoms with Crippen LogP contribution in [0.25, 0.3) is 0 Å². The Morgan fingerprint density at radius 2 is 2.15 bits per heavy atom. The molecule has 2 N–H and O–H groups in total. The van der Waals surface area contributed by atoms with Gasteiger partial charge in [0, 0.05) is 6.42 Å². The molecule has 1 fully saturated rings. The van der Waals surface area contributed by atoms with Crippen LogP contribution >= 0.6 is 0 Å². The molecule has 1 aliphatic rings. The maximum atomic E-state index is 12.0. The Kier molecular flexibility index (Phi) is 5.41. The zero-order valence-electron chi connectivity index (χ0n) is 12.4. The number of amides is 1. The molecule has 0 aliphatic carbocycles. The molecule has 1 amide bonds. The summed E-state index contributed by atoms with van der Waals surface area (Å²) in [5.74, 6) is 1.48. The number of piperidine rings is 1. The zero-order valence-corrected chi connectivity index (χ0v) is 12.4. The molecular weight excluding hydrogens is 252 g/mol. The van der Waals surface area contributed by atoms with E-state index in [1.807, 2.05) is 25.1 Å². The summed E-state index contributed by atoms with van der Waals surface area (Å²) < 4.78 is 5.30. The van der Waals surface area contributed by atoms with Crippen molar-refractivity contribution in [3.63, 3.8) is 0 Å². The number of aryl methyl sites for hydroxylation is 1. The number of nitrogens with one attached hydrogen (secondary N) is 2. The van der Waals surface area contributed by atoms with Gasteiger partial charge in [-0.25, -0.2) is 0 Å². The van der Waals surface area contributed by atoms with Crippen molar-refractivity contribution in [2.45, 2.75) is 32.6 Å². The maximum absolute atomic E-state index is 12.0. The molecule has 110 valence electrons. The Balaban J connectivity index is 1.84. The number of hydrogen-bond acceptors (Lipinski definition) is 3. The highest BCUT2D eigenvalue weighted by molar-refractivity contribution is 5.92. The van der Waals surface area contributed by atoms with E-state index in [-0.39, 0.29) is 5.91 Å². The van der Waals surface area contributed by atoms with Gasteiger partial charge in [-0.3, -0.25) is 4.79 Å². The third-order valence-corrected chi connectivity index (χ3v) is 3.87. The predicted molar refractivity (Wildman–Crippen MR) is 81.2 cm³/mol. The summed E-state index contributed by atoms with van der Waals surface area (Å²) >= 11 is 0. The molecule has 0 atom stereocenters. The highest BCUT2D eigenvalue weighted by atomic mass is 16.5. The minimum absolute atomic E-state index is 0.0747. The van der Waals surface area contributed by atoms with Gasteiger partial charge in [0.25, 0.3) is 0 Å². The molecule has 0 saturated carbocycles. The van der Waals surface area contributed by atoms with Crippen molar-refractivity contribution >= 4 is 11.6 Å². The molecule has 20 heavy (non-hydrogen) atoms. The van der Waals surface area contributed by atoms with Gasteiger partial charge in [-0.15, -0.1) is 0 Å². The van der Waals surface area contributed by atoms with Gasteiger partial charge in [-0.2, -0.15) is 0 Å². The Morgan fingerprint density at radius 1 is 1.40 bits per heavy atom. The maximum Gasteiger partial charge on any atom is 0.224 e. The van der Waals surface area contributed by atoms with Crippen LogP contribution in [-0.2, 0) is 4.79 Å². The molecule has 4 heteroatoms. The number of carbonyl (C=O) groups excluding carboxylic acids is 1. The van der Waals surface area contributed by atoms with Crippen molar-refractivity contribution < 1.29 is 9.53 Å². The molecule has 1 saturated heterocycles. The first-order valence-corrected chi connectivity index (χ1v) is 7.34. The first-order valence-electron chi connectivity index (χ1n) is 7.34. The molecule has 0 spiro atoms. The first kappa shape index (κ1) is 14.9. The van der Waals surface area contributed by atoms with E-state index >= 15 is 0 Å². The Labute approximate surface area is 120 Å². The standard InChI is InChI=1S/C16H24N2O2/c1-12-3-5-14(15(11-12)20-2)18-16(19)6-4-13-7-9-17-10-8-13/h3,5,11,13,17H,4,6-10H2,1-2H3,(H,18,19). The summed E-state index contributed by atoms with van der Waals surface area (Å²) in [7, 11) is 1.62. The van der Waals surface area contributed by atoms with Gasteiger partial charge in [-0.05, 0) is 62.9 Å². The molecule has 1 aliphatic heterocycles. The summed E-state index contributed by atoms with van der Waals surface area (Å²) in [6, 6.07) is 5.81. The normalized spacial score (nSPS) is 15.9. The molecular formula is C16H24N2O2. The summed E-state index contributed by atoms with van der Waals surface area (Å²) in [6.45, 7) is 4.17. The Morgan fingerprint density at radius 3 is 2.85 bits per heavy atom. The molecule has 0 unspecified atom stereocenters. The Hall–Kier alpha value is -1.55. The second-order valence-electron chi connectivity index (χ2n) is 5.48. The molecule has 0 radical (unpaired) electrons. The van der Waals surface area contributed by atoms with Gasteiger partial charge in [0.1, 0.15) is 5.75 Å². The largest absolute Gasteiger partial charge is 0.495 e. The second kappa shape index (κ2) is 7.29. The number of anilines is 1. The molecule has 4 nitrogen and oxygen atoms in total. The number of hydrogen-bond donors (Lipinski definition) is 2. The fourth-order valence-corrected chi connectivity index (χ4v) is 2.62. The average Bonchev–Trinajstić information content (AvgIpc) is 2.48. The average molecular weight is 276 g/mol. The SMILES string of the molecule is COc1cc(C)ccc1NC(=O)CCC1CCNCC1. The topological polar surface area (TPSA) is 50.4 Å². The number of carbonyl (C=O) groups is 1. The van der Waals surface area contributed by atoms with Crippen LogP contribution in [0.4, 0.5) is 5.69 Å². The van der Waals surface area contributed by atoms with Crippen LogP contribution in [0.15, 0.2) is 18.2 Å². The second-order valence-corrected chi connectivity index (χ2v) is 5.48. The fourth-order valence-electron chi connectivity index (χ4n) is 2.62. The molecule has 0 aromatic heterocycles. The van der Waals surface area contributed by atoms with Crippen molar-refractivity contribution in [2.75, 3.05) is 25.5 Å².